The Morgan fingerprint density at radius 3 is 2.94 bits per heavy atom. The molecule has 0 atom stereocenters. The Hall–Kier alpha value is -1.60. The van der Waals surface area contributed by atoms with Crippen molar-refractivity contribution >= 4 is 0 Å². The van der Waals surface area contributed by atoms with E-state index >= 15 is 0 Å². The summed E-state index contributed by atoms with van der Waals surface area (Å²) in [5.74, 6) is 0.659. The van der Waals surface area contributed by atoms with Crippen LogP contribution in [0, 0.1) is 11.3 Å². The van der Waals surface area contributed by atoms with Crippen molar-refractivity contribution in [1.29, 1.82) is 5.26 Å². The van der Waals surface area contributed by atoms with Gasteiger partial charge in [-0.05, 0) is 26.0 Å². The fourth-order valence-corrected chi connectivity index (χ4v) is 1.85. The van der Waals surface area contributed by atoms with E-state index in [0.29, 0.717) is 11.3 Å². The SMILES string of the molecule is CN1CCC(Oc2ccncc2C#N)CC1. The molecule has 4 nitrogen and oxygen atoms in total. The van der Waals surface area contributed by atoms with Crippen molar-refractivity contribution in [3.63, 3.8) is 0 Å². The van der Waals surface area contributed by atoms with Gasteiger partial charge in [-0.2, -0.15) is 5.26 Å². The maximum atomic E-state index is 8.91. The summed E-state index contributed by atoms with van der Waals surface area (Å²) in [5, 5.41) is 8.91. The van der Waals surface area contributed by atoms with Crippen molar-refractivity contribution in [2.24, 2.45) is 0 Å². The molecule has 1 aliphatic heterocycles. The lowest BCUT2D eigenvalue weighted by atomic mass is 10.1. The monoisotopic (exact) mass is 217 g/mol. The van der Waals surface area contributed by atoms with Crippen LogP contribution in [0.5, 0.6) is 5.75 Å². The van der Waals surface area contributed by atoms with Crippen LogP contribution in [0.25, 0.3) is 0 Å². The van der Waals surface area contributed by atoms with Gasteiger partial charge in [-0.15, -0.1) is 0 Å². The number of pyridine rings is 1. The van der Waals surface area contributed by atoms with E-state index in [2.05, 4.69) is 23.0 Å². The smallest absolute Gasteiger partial charge is 0.140 e. The molecular weight excluding hydrogens is 202 g/mol. The third-order valence-corrected chi connectivity index (χ3v) is 2.86. The zero-order chi connectivity index (χ0) is 11.4. The maximum absolute atomic E-state index is 8.91. The van der Waals surface area contributed by atoms with Crippen molar-refractivity contribution < 1.29 is 4.74 Å². The minimum atomic E-state index is 0.227. The highest BCUT2D eigenvalue weighted by atomic mass is 16.5. The Morgan fingerprint density at radius 1 is 1.50 bits per heavy atom. The summed E-state index contributed by atoms with van der Waals surface area (Å²) in [5.41, 5.74) is 0.515. The Bertz CT molecular complexity index is 391. The van der Waals surface area contributed by atoms with E-state index in [1.165, 1.54) is 0 Å². The van der Waals surface area contributed by atoms with Gasteiger partial charge in [0.15, 0.2) is 0 Å². The van der Waals surface area contributed by atoms with Gasteiger partial charge in [-0.1, -0.05) is 0 Å². The van der Waals surface area contributed by atoms with Gasteiger partial charge < -0.3 is 9.64 Å². The third-order valence-electron chi connectivity index (χ3n) is 2.86. The van der Waals surface area contributed by atoms with Gasteiger partial charge in [-0.25, -0.2) is 0 Å². The van der Waals surface area contributed by atoms with Crippen LogP contribution < -0.4 is 4.74 Å². The van der Waals surface area contributed by atoms with Gasteiger partial charge >= 0.3 is 0 Å². The van der Waals surface area contributed by atoms with Gasteiger partial charge in [0.2, 0.25) is 0 Å². The van der Waals surface area contributed by atoms with E-state index in [1.807, 2.05) is 0 Å². The van der Waals surface area contributed by atoms with E-state index in [0.717, 1.165) is 25.9 Å². The molecule has 0 saturated carbocycles. The van der Waals surface area contributed by atoms with E-state index in [4.69, 9.17) is 10.00 Å². The first-order valence-electron chi connectivity index (χ1n) is 5.49. The number of piperidine rings is 1. The molecule has 0 N–H and O–H groups in total. The molecule has 1 aliphatic rings. The summed E-state index contributed by atoms with van der Waals surface area (Å²) in [6.45, 7) is 2.11. The molecule has 84 valence electrons. The Kier molecular flexibility index (Phi) is 3.37. The first-order valence-corrected chi connectivity index (χ1v) is 5.49. The van der Waals surface area contributed by atoms with Crippen LogP contribution in [0.2, 0.25) is 0 Å². The highest BCUT2D eigenvalue weighted by Gasteiger charge is 2.18. The number of nitrogens with zero attached hydrogens (tertiary/aromatic N) is 3. The summed E-state index contributed by atoms with van der Waals surface area (Å²) < 4.78 is 5.84. The van der Waals surface area contributed by atoms with E-state index in [1.54, 1.807) is 18.5 Å². The van der Waals surface area contributed by atoms with Gasteiger partial charge in [0, 0.05) is 25.5 Å². The van der Waals surface area contributed by atoms with Crippen molar-refractivity contribution in [2.45, 2.75) is 18.9 Å². The molecule has 1 saturated heterocycles. The number of hydrogen-bond donors (Lipinski definition) is 0. The molecule has 0 amide bonds. The number of rotatable bonds is 2. The average molecular weight is 217 g/mol. The molecule has 1 aromatic heterocycles. The van der Waals surface area contributed by atoms with Crippen molar-refractivity contribution in [3.05, 3.63) is 24.0 Å². The second kappa shape index (κ2) is 4.95. The molecule has 0 bridgehead atoms. The molecule has 0 aliphatic carbocycles. The van der Waals surface area contributed by atoms with Crippen LogP contribution in [0.3, 0.4) is 0 Å². The van der Waals surface area contributed by atoms with E-state index in [-0.39, 0.29) is 6.10 Å². The standard InChI is InChI=1S/C12H15N3O/c1-15-6-3-11(4-7-15)16-12-2-5-14-9-10(12)8-13/h2,5,9,11H,3-4,6-7H2,1H3. The fraction of sp³-hybridized carbons (Fsp3) is 0.500. The van der Waals surface area contributed by atoms with Crippen LogP contribution in [0.4, 0.5) is 0 Å². The Morgan fingerprint density at radius 2 is 2.25 bits per heavy atom. The van der Waals surface area contributed by atoms with Gasteiger partial charge in [-0.3, -0.25) is 4.98 Å². The first-order chi connectivity index (χ1) is 7.79. The largest absolute Gasteiger partial charge is 0.489 e. The summed E-state index contributed by atoms with van der Waals surface area (Å²) in [6.07, 6.45) is 5.47. The molecule has 16 heavy (non-hydrogen) atoms. The van der Waals surface area contributed by atoms with Gasteiger partial charge in [0.25, 0.3) is 0 Å². The Labute approximate surface area is 95.5 Å². The zero-order valence-corrected chi connectivity index (χ0v) is 9.39. The molecule has 0 unspecified atom stereocenters. The second-order valence-electron chi connectivity index (χ2n) is 4.10. The number of likely N-dealkylation sites (tertiary alicyclic amines) is 1. The van der Waals surface area contributed by atoms with Crippen LogP contribution in [0.15, 0.2) is 18.5 Å². The molecule has 0 aromatic carbocycles. The lowest BCUT2D eigenvalue weighted by Crippen LogP contribution is -2.35. The normalized spacial score (nSPS) is 18.0. The average Bonchev–Trinajstić information content (AvgIpc) is 2.33. The zero-order valence-electron chi connectivity index (χ0n) is 9.39. The molecule has 0 spiro atoms. The predicted molar refractivity (Wildman–Crippen MR) is 60.1 cm³/mol. The van der Waals surface area contributed by atoms with Gasteiger partial charge in [0.1, 0.15) is 23.5 Å². The summed E-state index contributed by atoms with van der Waals surface area (Å²) in [4.78, 5) is 6.20. The Balaban J connectivity index is 2.01. The fourth-order valence-electron chi connectivity index (χ4n) is 1.85. The molecule has 2 heterocycles. The highest BCUT2D eigenvalue weighted by Crippen LogP contribution is 2.21. The van der Waals surface area contributed by atoms with Gasteiger partial charge in [0.05, 0.1) is 0 Å². The molecule has 1 fully saturated rings. The topological polar surface area (TPSA) is 49.1 Å². The minimum Gasteiger partial charge on any atom is -0.489 e. The molecule has 4 heteroatoms. The summed E-state index contributed by atoms with van der Waals surface area (Å²) in [7, 11) is 2.11. The van der Waals surface area contributed by atoms with Crippen molar-refractivity contribution in [2.75, 3.05) is 20.1 Å². The number of aromatic nitrogens is 1. The molecule has 1 aromatic rings. The highest BCUT2D eigenvalue weighted by molar-refractivity contribution is 5.40. The van der Waals surface area contributed by atoms with E-state index in [9.17, 15) is 0 Å². The number of hydrogen-bond acceptors (Lipinski definition) is 4. The summed E-state index contributed by atoms with van der Waals surface area (Å²) >= 11 is 0. The summed E-state index contributed by atoms with van der Waals surface area (Å²) in [6, 6.07) is 3.86. The maximum Gasteiger partial charge on any atom is 0.140 e. The van der Waals surface area contributed by atoms with Crippen molar-refractivity contribution in [3.8, 4) is 11.8 Å². The lowest BCUT2D eigenvalue weighted by Gasteiger charge is -2.29. The first kappa shape index (κ1) is 10.9. The van der Waals surface area contributed by atoms with Crippen LogP contribution >= 0.6 is 0 Å². The number of nitriles is 1. The quantitative estimate of drug-likeness (QED) is 0.752. The third kappa shape index (κ3) is 2.50. The van der Waals surface area contributed by atoms with Crippen LogP contribution in [0.1, 0.15) is 18.4 Å². The predicted octanol–water partition coefficient (Wildman–Crippen LogP) is 1.43. The molecule has 2 rings (SSSR count). The second-order valence-corrected chi connectivity index (χ2v) is 4.10. The van der Waals surface area contributed by atoms with E-state index < -0.39 is 0 Å². The van der Waals surface area contributed by atoms with Crippen LogP contribution in [-0.2, 0) is 0 Å². The van der Waals surface area contributed by atoms with Crippen molar-refractivity contribution in [1.82, 2.24) is 9.88 Å². The minimum absolute atomic E-state index is 0.227. The molecule has 0 radical (unpaired) electrons. The number of ether oxygens (including phenoxy) is 1. The molecular formula is C12H15N3O. The lowest BCUT2D eigenvalue weighted by molar-refractivity contribution is 0.114. The van der Waals surface area contributed by atoms with Crippen LogP contribution in [-0.4, -0.2) is 36.1 Å².